The molecule has 0 saturated carbocycles. The molecule has 1 aromatic carbocycles. The third kappa shape index (κ3) is 3.39. The first-order chi connectivity index (χ1) is 9.60. The van der Waals surface area contributed by atoms with Crippen molar-refractivity contribution < 1.29 is 13.5 Å². The molecule has 20 heavy (non-hydrogen) atoms. The van der Waals surface area contributed by atoms with Crippen LogP contribution in [-0.2, 0) is 6.61 Å². The maximum absolute atomic E-state index is 13.5. The Hall–Kier alpha value is -2.28. The molecule has 7 heteroatoms. The van der Waals surface area contributed by atoms with Crippen LogP contribution in [0.1, 0.15) is 5.56 Å². The molecule has 0 spiro atoms. The van der Waals surface area contributed by atoms with Crippen molar-refractivity contribution >= 4 is 5.82 Å². The van der Waals surface area contributed by atoms with Crippen LogP contribution in [0.3, 0.4) is 0 Å². The van der Waals surface area contributed by atoms with Crippen LogP contribution in [0.5, 0.6) is 6.01 Å². The van der Waals surface area contributed by atoms with E-state index in [1.54, 1.807) is 26.2 Å². The Balaban J connectivity index is 2.08. The molecule has 1 heterocycles. The van der Waals surface area contributed by atoms with E-state index in [0.29, 0.717) is 0 Å². The fourth-order valence-corrected chi connectivity index (χ4v) is 1.48. The topological polar surface area (TPSA) is 50.3 Å². The standard InChI is InChI=1S/C13H14F2N4O/c1-16-19(2)12-11(15)7-17-13(18-12)20-8-9-3-5-10(14)6-4-9/h3-7,16H,8H2,1-2H3. The number of nitrogens with one attached hydrogen (secondary N) is 1. The van der Waals surface area contributed by atoms with Crippen molar-refractivity contribution in [1.82, 2.24) is 15.4 Å². The van der Waals surface area contributed by atoms with Crippen molar-refractivity contribution in [2.24, 2.45) is 0 Å². The molecule has 0 fully saturated rings. The van der Waals surface area contributed by atoms with Crippen LogP contribution in [0.15, 0.2) is 30.5 Å². The van der Waals surface area contributed by atoms with E-state index in [4.69, 9.17) is 4.74 Å². The first-order valence-corrected chi connectivity index (χ1v) is 5.91. The highest BCUT2D eigenvalue weighted by atomic mass is 19.1. The minimum Gasteiger partial charge on any atom is -0.459 e. The highest BCUT2D eigenvalue weighted by Crippen LogP contribution is 2.16. The number of hydrogen-bond donors (Lipinski definition) is 1. The Kier molecular flexibility index (Phi) is 4.41. The van der Waals surface area contributed by atoms with Crippen molar-refractivity contribution in [2.75, 3.05) is 19.1 Å². The van der Waals surface area contributed by atoms with Crippen LogP contribution < -0.4 is 15.2 Å². The van der Waals surface area contributed by atoms with Crippen molar-refractivity contribution in [1.29, 1.82) is 0 Å². The Morgan fingerprint density at radius 3 is 2.60 bits per heavy atom. The molecule has 1 N–H and O–H groups in total. The van der Waals surface area contributed by atoms with Crippen LogP contribution in [0, 0.1) is 11.6 Å². The summed E-state index contributed by atoms with van der Waals surface area (Å²) in [7, 11) is 3.26. The largest absolute Gasteiger partial charge is 0.459 e. The molecule has 0 atom stereocenters. The lowest BCUT2D eigenvalue weighted by atomic mass is 10.2. The highest BCUT2D eigenvalue weighted by Gasteiger charge is 2.11. The SMILES string of the molecule is CNN(C)c1nc(OCc2ccc(F)cc2)ncc1F. The molecule has 0 aliphatic rings. The first-order valence-electron chi connectivity index (χ1n) is 5.91. The van der Waals surface area contributed by atoms with Gasteiger partial charge in [-0.2, -0.15) is 4.98 Å². The third-order valence-corrected chi connectivity index (χ3v) is 2.64. The van der Waals surface area contributed by atoms with E-state index in [1.807, 2.05) is 0 Å². The fraction of sp³-hybridized carbons (Fsp3) is 0.231. The van der Waals surface area contributed by atoms with Gasteiger partial charge in [0.2, 0.25) is 0 Å². The fourth-order valence-electron chi connectivity index (χ4n) is 1.48. The molecule has 0 aliphatic heterocycles. The number of benzene rings is 1. The number of hydrazine groups is 1. The molecule has 0 unspecified atom stereocenters. The van der Waals surface area contributed by atoms with E-state index < -0.39 is 5.82 Å². The van der Waals surface area contributed by atoms with Gasteiger partial charge in [0.25, 0.3) is 0 Å². The Morgan fingerprint density at radius 2 is 1.95 bits per heavy atom. The number of rotatable bonds is 5. The predicted molar refractivity (Wildman–Crippen MR) is 70.2 cm³/mol. The number of hydrogen-bond acceptors (Lipinski definition) is 5. The van der Waals surface area contributed by atoms with Gasteiger partial charge in [0, 0.05) is 14.1 Å². The molecule has 0 aliphatic carbocycles. The van der Waals surface area contributed by atoms with E-state index in [1.165, 1.54) is 17.1 Å². The van der Waals surface area contributed by atoms with Crippen molar-refractivity contribution in [3.63, 3.8) is 0 Å². The van der Waals surface area contributed by atoms with Gasteiger partial charge in [0.1, 0.15) is 12.4 Å². The molecule has 0 bridgehead atoms. The highest BCUT2D eigenvalue weighted by molar-refractivity contribution is 5.37. The summed E-state index contributed by atoms with van der Waals surface area (Å²) in [6.45, 7) is 0.175. The lowest BCUT2D eigenvalue weighted by Gasteiger charge is -2.17. The summed E-state index contributed by atoms with van der Waals surface area (Å²) in [6.07, 6.45) is 1.04. The molecule has 2 aromatic rings. The number of halogens is 2. The van der Waals surface area contributed by atoms with E-state index in [2.05, 4.69) is 15.4 Å². The lowest BCUT2D eigenvalue weighted by Crippen LogP contribution is -2.32. The minimum absolute atomic E-state index is 0.0489. The molecule has 1 aromatic heterocycles. The average molecular weight is 280 g/mol. The maximum Gasteiger partial charge on any atom is 0.318 e. The van der Waals surface area contributed by atoms with Crippen LogP contribution in [0.2, 0.25) is 0 Å². The Labute approximate surface area is 115 Å². The van der Waals surface area contributed by atoms with Crippen molar-refractivity contribution in [3.05, 3.63) is 47.7 Å². The molecule has 5 nitrogen and oxygen atoms in total. The number of anilines is 1. The second-order valence-electron chi connectivity index (χ2n) is 4.02. The molecular weight excluding hydrogens is 266 g/mol. The normalized spacial score (nSPS) is 10.4. The van der Waals surface area contributed by atoms with Gasteiger partial charge in [-0.25, -0.2) is 19.2 Å². The summed E-state index contributed by atoms with van der Waals surface area (Å²) in [4.78, 5) is 7.71. The van der Waals surface area contributed by atoms with Crippen LogP contribution in [-0.4, -0.2) is 24.1 Å². The summed E-state index contributed by atoms with van der Waals surface area (Å²) >= 11 is 0. The van der Waals surface area contributed by atoms with Gasteiger partial charge in [0.15, 0.2) is 11.6 Å². The summed E-state index contributed by atoms with van der Waals surface area (Å²) < 4.78 is 31.6. The zero-order chi connectivity index (χ0) is 14.5. The summed E-state index contributed by atoms with van der Waals surface area (Å²) in [6, 6.07) is 5.92. The summed E-state index contributed by atoms with van der Waals surface area (Å²) in [5.74, 6) is -0.794. The smallest absolute Gasteiger partial charge is 0.318 e. The average Bonchev–Trinajstić information content (AvgIpc) is 2.47. The maximum atomic E-state index is 13.5. The third-order valence-electron chi connectivity index (χ3n) is 2.64. The minimum atomic E-state index is -0.559. The van der Waals surface area contributed by atoms with Gasteiger partial charge in [-0.05, 0) is 17.7 Å². The molecule has 2 rings (SSSR count). The van der Waals surface area contributed by atoms with E-state index in [-0.39, 0.29) is 24.3 Å². The van der Waals surface area contributed by atoms with E-state index >= 15 is 0 Å². The molecule has 0 radical (unpaired) electrons. The quantitative estimate of drug-likeness (QED) is 0.848. The molecule has 0 saturated heterocycles. The number of nitrogens with zero attached hydrogens (tertiary/aromatic N) is 3. The second kappa shape index (κ2) is 6.25. The molecule has 106 valence electrons. The summed E-state index contributed by atoms with van der Waals surface area (Å²) in [5, 5.41) is 1.40. The van der Waals surface area contributed by atoms with Crippen molar-refractivity contribution in [2.45, 2.75) is 6.61 Å². The zero-order valence-electron chi connectivity index (χ0n) is 11.1. The van der Waals surface area contributed by atoms with Crippen molar-refractivity contribution in [3.8, 4) is 6.01 Å². The predicted octanol–water partition coefficient (Wildman–Crippen LogP) is 1.90. The van der Waals surface area contributed by atoms with Crippen LogP contribution in [0.4, 0.5) is 14.6 Å². The van der Waals surface area contributed by atoms with Gasteiger partial charge in [-0.15, -0.1) is 0 Å². The molecular formula is C13H14F2N4O. The summed E-state index contributed by atoms with van der Waals surface area (Å²) in [5.41, 5.74) is 3.50. The lowest BCUT2D eigenvalue weighted by molar-refractivity contribution is 0.279. The van der Waals surface area contributed by atoms with Crippen LogP contribution >= 0.6 is 0 Å². The molecule has 0 amide bonds. The van der Waals surface area contributed by atoms with Gasteiger partial charge < -0.3 is 4.74 Å². The monoisotopic (exact) mass is 280 g/mol. The van der Waals surface area contributed by atoms with Gasteiger partial charge in [-0.1, -0.05) is 12.1 Å². The van der Waals surface area contributed by atoms with Gasteiger partial charge in [0.05, 0.1) is 6.20 Å². The zero-order valence-corrected chi connectivity index (χ0v) is 11.1. The Morgan fingerprint density at radius 1 is 1.25 bits per heavy atom. The first kappa shape index (κ1) is 14.1. The number of ether oxygens (including phenoxy) is 1. The van der Waals surface area contributed by atoms with Gasteiger partial charge in [-0.3, -0.25) is 5.01 Å². The van der Waals surface area contributed by atoms with E-state index in [0.717, 1.165) is 11.8 Å². The van der Waals surface area contributed by atoms with Gasteiger partial charge >= 0.3 is 6.01 Å². The Bertz CT molecular complexity index is 577. The van der Waals surface area contributed by atoms with E-state index in [9.17, 15) is 8.78 Å². The second-order valence-corrected chi connectivity index (χ2v) is 4.02. The number of aromatic nitrogens is 2. The van der Waals surface area contributed by atoms with Crippen LogP contribution in [0.25, 0.3) is 0 Å².